The first-order chi connectivity index (χ1) is 27.1. The van der Waals surface area contributed by atoms with Gasteiger partial charge in [0, 0.05) is 42.4 Å². The number of benzene rings is 9. The molecule has 260 valence electrons. The third-order valence-corrected chi connectivity index (χ3v) is 13.1. The lowest BCUT2D eigenvalue weighted by Gasteiger charge is -2.31. The van der Waals surface area contributed by atoms with E-state index in [1.165, 1.54) is 91.9 Å². The highest BCUT2D eigenvalue weighted by atomic mass is 32.1. The normalized spacial score (nSPS) is 13.1. The van der Waals surface area contributed by atoms with Crippen LogP contribution in [0.15, 0.2) is 188 Å². The Morgan fingerprint density at radius 3 is 1.87 bits per heavy atom. The molecule has 0 atom stereocenters. The van der Waals surface area contributed by atoms with Gasteiger partial charge in [-0.25, -0.2) is 0 Å². The molecule has 1 nitrogen and oxygen atoms in total. The van der Waals surface area contributed by atoms with Crippen molar-refractivity contribution < 1.29 is 0 Å². The summed E-state index contributed by atoms with van der Waals surface area (Å²) < 4.78 is 2.68. The number of thiophene rings is 1. The Balaban J connectivity index is 1.13. The third kappa shape index (κ3) is 4.85. The Bertz CT molecular complexity index is 3120. The Morgan fingerprint density at radius 2 is 1.02 bits per heavy atom. The van der Waals surface area contributed by atoms with Crippen molar-refractivity contribution in [2.24, 2.45) is 0 Å². The zero-order valence-electron chi connectivity index (χ0n) is 30.8. The summed E-state index contributed by atoms with van der Waals surface area (Å²) in [5.41, 5.74) is 13.6. The van der Waals surface area contributed by atoms with Crippen LogP contribution < -0.4 is 4.90 Å². The topological polar surface area (TPSA) is 3.24 Å². The molecule has 1 aliphatic carbocycles. The lowest BCUT2D eigenvalue weighted by molar-refractivity contribution is 0.660. The van der Waals surface area contributed by atoms with Crippen LogP contribution in [0.3, 0.4) is 0 Å². The number of nitrogens with zero attached hydrogens (tertiary/aromatic N) is 1. The van der Waals surface area contributed by atoms with E-state index in [9.17, 15) is 0 Å². The molecular formula is C53H37NS. The molecule has 0 spiro atoms. The summed E-state index contributed by atoms with van der Waals surface area (Å²) in [5, 5.41) is 7.76. The van der Waals surface area contributed by atoms with Gasteiger partial charge in [0.1, 0.15) is 0 Å². The van der Waals surface area contributed by atoms with Gasteiger partial charge in [-0.2, -0.15) is 0 Å². The van der Waals surface area contributed by atoms with Crippen LogP contribution in [0.5, 0.6) is 0 Å². The van der Waals surface area contributed by atoms with E-state index in [1.54, 1.807) is 0 Å². The number of rotatable bonds is 5. The highest BCUT2D eigenvalue weighted by Gasteiger charge is 2.38. The molecule has 0 bridgehead atoms. The van der Waals surface area contributed by atoms with Gasteiger partial charge in [0.05, 0.1) is 11.4 Å². The average Bonchev–Trinajstić information content (AvgIpc) is 3.74. The van der Waals surface area contributed by atoms with Crippen molar-refractivity contribution in [2.45, 2.75) is 19.3 Å². The first-order valence-electron chi connectivity index (χ1n) is 19.1. The summed E-state index contributed by atoms with van der Waals surface area (Å²) >= 11 is 1.90. The molecule has 0 unspecified atom stereocenters. The van der Waals surface area contributed by atoms with Gasteiger partial charge in [0.25, 0.3) is 0 Å². The molecule has 1 heterocycles. The van der Waals surface area contributed by atoms with Crippen molar-refractivity contribution in [2.75, 3.05) is 4.90 Å². The fourth-order valence-corrected chi connectivity index (χ4v) is 10.5. The first-order valence-corrected chi connectivity index (χ1v) is 19.9. The molecule has 0 radical (unpaired) electrons. The molecule has 9 aromatic carbocycles. The van der Waals surface area contributed by atoms with E-state index in [0.717, 1.165) is 11.4 Å². The second-order valence-corrected chi connectivity index (χ2v) is 16.3. The number of hydrogen-bond acceptors (Lipinski definition) is 2. The number of fused-ring (bicyclic) bond motifs is 9. The summed E-state index contributed by atoms with van der Waals surface area (Å²) in [4.78, 5) is 2.50. The summed E-state index contributed by atoms with van der Waals surface area (Å²) in [6, 6.07) is 69.6. The molecule has 0 N–H and O–H groups in total. The second-order valence-electron chi connectivity index (χ2n) is 15.2. The van der Waals surface area contributed by atoms with Gasteiger partial charge >= 0.3 is 0 Å². The number of hydrogen-bond donors (Lipinski definition) is 0. The molecule has 2 heteroatoms. The number of anilines is 3. The van der Waals surface area contributed by atoms with Gasteiger partial charge in [-0.15, -0.1) is 11.3 Å². The molecule has 11 rings (SSSR count). The predicted octanol–water partition coefficient (Wildman–Crippen LogP) is 15.5. The van der Waals surface area contributed by atoms with Gasteiger partial charge in [-0.1, -0.05) is 172 Å². The molecule has 0 aliphatic heterocycles. The Labute approximate surface area is 325 Å². The molecular weight excluding hydrogens is 683 g/mol. The van der Waals surface area contributed by atoms with Crippen LogP contribution in [-0.2, 0) is 5.41 Å². The Hall–Kier alpha value is -6.48. The lowest BCUT2D eigenvalue weighted by atomic mass is 9.82. The highest BCUT2D eigenvalue weighted by Crippen LogP contribution is 2.55. The summed E-state index contributed by atoms with van der Waals surface area (Å²) in [6.07, 6.45) is 0. The van der Waals surface area contributed by atoms with Crippen molar-refractivity contribution >= 4 is 70.1 Å². The van der Waals surface area contributed by atoms with E-state index in [4.69, 9.17) is 0 Å². The van der Waals surface area contributed by atoms with Crippen LogP contribution >= 0.6 is 11.3 Å². The summed E-state index contributed by atoms with van der Waals surface area (Å²) in [7, 11) is 0. The van der Waals surface area contributed by atoms with Crippen LogP contribution in [-0.4, -0.2) is 0 Å². The third-order valence-electron chi connectivity index (χ3n) is 11.9. The Morgan fingerprint density at radius 1 is 0.418 bits per heavy atom. The molecule has 0 fully saturated rings. The summed E-state index contributed by atoms with van der Waals surface area (Å²) in [6.45, 7) is 4.73. The minimum absolute atomic E-state index is 0.111. The fourth-order valence-electron chi connectivity index (χ4n) is 9.27. The zero-order valence-corrected chi connectivity index (χ0v) is 31.6. The van der Waals surface area contributed by atoms with E-state index < -0.39 is 0 Å². The maximum Gasteiger partial charge on any atom is 0.0543 e. The molecule has 10 aromatic rings. The largest absolute Gasteiger partial charge is 0.309 e. The quantitative estimate of drug-likeness (QED) is 0.171. The van der Waals surface area contributed by atoms with Gasteiger partial charge in [0.2, 0.25) is 0 Å². The average molecular weight is 720 g/mol. The molecule has 0 amide bonds. The van der Waals surface area contributed by atoms with Gasteiger partial charge in [0.15, 0.2) is 0 Å². The van der Waals surface area contributed by atoms with E-state index in [1.807, 2.05) is 11.3 Å². The maximum atomic E-state index is 2.50. The minimum Gasteiger partial charge on any atom is -0.309 e. The minimum atomic E-state index is -0.111. The van der Waals surface area contributed by atoms with E-state index in [-0.39, 0.29) is 5.41 Å². The van der Waals surface area contributed by atoms with Crippen LogP contribution in [0.4, 0.5) is 17.1 Å². The molecule has 1 aliphatic rings. The van der Waals surface area contributed by atoms with Crippen molar-refractivity contribution in [3.05, 3.63) is 199 Å². The molecule has 0 saturated heterocycles. The van der Waals surface area contributed by atoms with Crippen LogP contribution in [0.25, 0.3) is 75.1 Å². The van der Waals surface area contributed by atoms with Gasteiger partial charge in [-0.05, 0) is 85.3 Å². The van der Waals surface area contributed by atoms with Crippen LogP contribution in [0.2, 0.25) is 0 Å². The lowest BCUT2D eigenvalue weighted by Crippen LogP contribution is -2.16. The van der Waals surface area contributed by atoms with Crippen molar-refractivity contribution in [3.63, 3.8) is 0 Å². The van der Waals surface area contributed by atoms with Crippen molar-refractivity contribution in [1.82, 2.24) is 0 Å². The maximum absolute atomic E-state index is 2.50. The SMILES string of the molecule is CC1(C)c2ccccc2-c2c(N(c3ccc(-c4cccc5sc6c7ccccc7ccc6c45)cc3)c3ccccc3-c3cccc4ccccc34)cccc21. The Kier molecular flexibility index (Phi) is 7.14. The zero-order chi connectivity index (χ0) is 36.7. The van der Waals surface area contributed by atoms with Gasteiger partial charge in [-0.3, -0.25) is 0 Å². The van der Waals surface area contributed by atoms with E-state index >= 15 is 0 Å². The number of para-hydroxylation sites is 1. The highest BCUT2D eigenvalue weighted by molar-refractivity contribution is 7.26. The molecule has 0 saturated carbocycles. The van der Waals surface area contributed by atoms with E-state index in [2.05, 4.69) is 207 Å². The first kappa shape index (κ1) is 32.0. The van der Waals surface area contributed by atoms with E-state index in [0.29, 0.717) is 0 Å². The van der Waals surface area contributed by atoms with Gasteiger partial charge < -0.3 is 4.90 Å². The van der Waals surface area contributed by atoms with Crippen LogP contribution in [0, 0.1) is 0 Å². The van der Waals surface area contributed by atoms with Crippen molar-refractivity contribution in [3.8, 4) is 33.4 Å². The van der Waals surface area contributed by atoms with Crippen LogP contribution in [0.1, 0.15) is 25.0 Å². The monoisotopic (exact) mass is 719 g/mol. The molecule has 1 aromatic heterocycles. The van der Waals surface area contributed by atoms with Crippen molar-refractivity contribution in [1.29, 1.82) is 0 Å². The standard InChI is InChI=1S/C53H37NS/c1-53(2)45-23-9-7-20-43(45)51-46(53)24-13-26-48(51)54(47-25-10-8-19-42(47)41-22-11-16-34-14-3-5-17-38(34)41)37-31-28-36(29-32-37)39-21-12-27-49-50(39)44-33-30-35-15-4-6-18-40(35)52(44)55-49/h3-33H,1-2H3. The smallest absolute Gasteiger partial charge is 0.0543 e. The predicted molar refractivity (Wildman–Crippen MR) is 237 cm³/mol. The fraction of sp³-hybridized carbons (Fsp3) is 0.0566. The molecule has 55 heavy (non-hydrogen) atoms. The second kappa shape index (κ2) is 12.3. The summed E-state index contributed by atoms with van der Waals surface area (Å²) in [5.74, 6) is 0.